The fourth-order valence-corrected chi connectivity index (χ4v) is 3.31. The monoisotopic (exact) mass is 437 g/mol. The Labute approximate surface area is 171 Å². The van der Waals surface area contributed by atoms with Gasteiger partial charge in [-0.25, -0.2) is 9.07 Å². The van der Waals surface area contributed by atoms with E-state index in [1.54, 1.807) is 6.92 Å². The molecule has 0 amide bonds. The minimum absolute atomic E-state index is 0.118. The first-order valence-electron chi connectivity index (χ1n) is 8.64. The summed E-state index contributed by atoms with van der Waals surface area (Å²) in [7, 11) is 0. The molecule has 10 heteroatoms. The van der Waals surface area contributed by atoms with Crippen molar-refractivity contribution < 1.29 is 22.1 Å². The van der Waals surface area contributed by atoms with Crippen molar-refractivity contribution in [2.75, 3.05) is 0 Å². The van der Waals surface area contributed by atoms with Crippen molar-refractivity contribution in [2.45, 2.75) is 19.6 Å². The van der Waals surface area contributed by atoms with Gasteiger partial charge in [-0.15, -0.1) is 0 Å². The summed E-state index contributed by atoms with van der Waals surface area (Å²) in [6.07, 6.45) is -4.64. The fourth-order valence-electron chi connectivity index (χ4n) is 3.09. The minimum Gasteiger partial charge on any atom is -0.353 e. The molecule has 2 aromatic heterocycles. The van der Waals surface area contributed by atoms with Gasteiger partial charge in [-0.05, 0) is 48.9 Å². The van der Waals surface area contributed by atoms with Gasteiger partial charge in [0.1, 0.15) is 16.9 Å². The molecule has 4 aromatic rings. The molecule has 30 heavy (non-hydrogen) atoms. The number of halogens is 5. The summed E-state index contributed by atoms with van der Waals surface area (Å²) in [5.74, 6) is -0.460. The van der Waals surface area contributed by atoms with Gasteiger partial charge in [-0.2, -0.15) is 18.3 Å². The first-order valence-corrected chi connectivity index (χ1v) is 9.01. The lowest BCUT2D eigenvalue weighted by Crippen LogP contribution is -2.24. The first kappa shape index (κ1) is 20.1. The third kappa shape index (κ3) is 3.56. The molecule has 0 saturated heterocycles. The largest absolute Gasteiger partial charge is 0.417 e. The Morgan fingerprint density at radius 2 is 1.83 bits per heavy atom. The number of aryl methyl sites for hydroxylation is 1. The summed E-state index contributed by atoms with van der Waals surface area (Å²) >= 11 is 5.66. The summed E-state index contributed by atoms with van der Waals surface area (Å²) in [6, 6.07) is 8.72. The van der Waals surface area contributed by atoms with Crippen LogP contribution in [0.2, 0.25) is 5.02 Å². The second-order valence-electron chi connectivity index (χ2n) is 6.60. The Morgan fingerprint density at radius 3 is 2.50 bits per heavy atom. The molecular formula is C20H12ClF4N3O2. The van der Waals surface area contributed by atoms with Gasteiger partial charge in [0.25, 0.3) is 5.56 Å². The standard InChI is InChI=1S/C20H12ClF4N3O2/c1-10-16-18(30-27-10)17(12-3-5-13(22)6-4-12)26-28(19(16)29)9-11-2-7-15(21)14(8-11)20(23,24)25/h2-8H,9H2,1H3. The zero-order valence-corrected chi connectivity index (χ0v) is 16.1. The maximum absolute atomic E-state index is 13.3. The van der Waals surface area contributed by atoms with Gasteiger partial charge in [0.15, 0.2) is 0 Å². The van der Waals surface area contributed by atoms with E-state index in [0.717, 1.165) is 16.8 Å². The van der Waals surface area contributed by atoms with Crippen LogP contribution >= 0.6 is 11.6 Å². The molecule has 4 rings (SSSR count). The Balaban J connectivity index is 1.88. The summed E-state index contributed by atoms with van der Waals surface area (Å²) in [5, 5.41) is 7.76. The number of benzene rings is 2. The smallest absolute Gasteiger partial charge is 0.353 e. The van der Waals surface area contributed by atoms with Gasteiger partial charge >= 0.3 is 6.18 Å². The van der Waals surface area contributed by atoms with Crippen LogP contribution in [0.5, 0.6) is 0 Å². The summed E-state index contributed by atoms with van der Waals surface area (Å²) < 4.78 is 59.1. The van der Waals surface area contributed by atoms with Crippen LogP contribution in [-0.2, 0) is 12.7 Å². The number of fused-ring (bicyclic) bond motifs is 1. The SMILES string of the molecule is Cc1noc2c(-c3ccc(F)cc3)nn(Cc3ccc(Cl)c(C(F)(F)F)c3)c(=O)c12. The van der Waals surface area contributed by atoms with E-state index >= 15 is 0 Å². The Morgan fingerprint density at radius 1 is 1.13 bits per heavy atom. The Bertz CT molecular complexity index is 1310. The van der Waals surface area contributed by atoms with Crippen LogP contribution in [0.4, 0.5) is 17.6 Å². The lowest BCUT2D eigenvalue weighted by Gasteiger charge is -2.12. The predicted molar refractivity (Wildman–Crippen MR) is 102 cm³/mol. The van der Waals surface area contributed by atoms with Gasteiger partial charge in [-0.3, -0.25) is 4.79 Å². The van der Waals surface area contributed by atoms with E-state index in [9.17, 15) is 22.4 Å². The van der Waals surface area contributed by atoms with E-state index in [4.69, 9.17) is 16.1 Å². The van der Waals surface area contributed by atoms with E-state index in [1.807, 2.05) is 0 Å². The molecule has 0 N–H and O–H groups in total. The molecule has 0 unspecified atom stereocenters. The number of alkyl halides is 3. The number of hydrogen-bond donors (Lipinski definition) is 0. The molecule has 0 aliphatic carbocycles. The first-order chi connectivity index (χ1) is 14.1. The van der Waals surface area contributed by atoms with Crippen LogP contribution in [0.1, 0.15) is 16.8 Å². The number of aromatic nitrogens is 3. The normalized spacial score (nSPS) is 11.9. The molecule has 2 heterocycles. The minimum atomic E-state index is -4.64. The van der Waals surface area contributed by atoms with E-state index in [1.165, 1.54) is 30.3 Å². The number of hydrogen-bond acceptors (Lipinski definition) is 4. The number of nitrogens with zero attached hydrogens (tertiary/aromatic N) is 3. The van der Waals surface area contributed by atoms with Gasteiger partial charge in [0, 0.05) is 5.56 Å². The van der Waals surface area contributed by atoms with Crippen LogP contribution in [0.3, 0.4) is 0 Å². The van der Waals surface area contributed by atoms with Crippen molar-refractivity contribution in [3.63, 3.8) is 0 Å². The zero-order valence-electron chi connectivity index (χ0n) is 15.3. The van der Waals surface area contributed by atoms with Gasteiger partial charge in [0.2, 0.25) is 5.58 Å². The zero-order chi connectivity index (χ0) is 21.6. The molecule has 0 spiro atoms. The van der Waals surface area contributed by atoms with Crippen LogP contribution in [-0.4, -0.2) is 14.9 Å². The molecule has 2 aromatic carbocycles. The lowest BCUT2D eigenvalue weighted by molar-refractivity contribution is -0.137. The molecule has 0 aliphatic heterocycles. The second-order valence-corrected chi connectivity index (χ2v) is 7.01. The average molecular weight is 438 g/mol. The van der Waals surface area contributed by atoms with E-state index in [0.29, 0.717) is 11.3 Å². The molecular weight excluding hydrogens is 426 g/mol. The fraction of sp³-hybridized carbons (Fsp3) is 0.150. The Hall–Kier alpha value is -3.20. The van der Waals surface area contributed by atoms with Gasteiger partial charge in [-0.1, -0.05) is 22.8 Å². The van der Waals surface area contributed by atoms with Gasteiger partial charge in [0.05, 0.1) is 22.8 Å². The summed E-state index contributed by atoms with van der Waals surface area (Å²) in [5.41, 5.74) is -0.295. The van der Waals surface area contributed by atoms with Crippen molar-refractivity contribution >= 4 is 22.6 Å². The maximum Gasteiger partial charge on any atom is 0.417 e. The highest BCUT2D eigenvalue weighted by Crippen LogP contribution is 2.35. The van der Waals surface area contributed by atoms with Crippen molar-refractivity contribution in [2.24, 2.45) is 0 Å². The molecule has 0 atom stereocenters. The van der Waals surface area contributed by atoms with E-state index in [-0.39, 0.29) is 28.8 Å². The second kappa shape index (κ2) is 7.24. The number of rotatable bonds is 3. The topological polar surface area (TPSA) is 60.9 Å². The summed E-state index contributed by atoms with van der Waals surface area (Å²) in [6.45, 7) is 1.32. The predicted octanol–water partition coefficient (Wildman–Crippen LogP) is 5.22. The quantitative estimate of drug-likeness (QED) is 0.412. The third-order valence-electron chi connectivity index (χ3n) is 4.53. The summed E-state index contributed by atoms with van der Waals surface area (Å²) in [4.78, 5) is 12.9. The van der Waals surface area contributed by atoms with Crippen LogP contribution in [0.25, 0.3) is 22.2 Å². The van der Waals surface area contributed by atoms with Crippen molar-refractivity contribution in [1.82, 2.24) is 14.9 Å². The van der Waals surface area contributed by atoms with Crippen LogP contribution < -0.4 is 5.56 Å². The molecule has 154 valence electrons. The van der Waals surface area contributed by atoms with E-state index < -0.39 is 28.1 Å². The van der Waals surface area contributed by atoms with Crippen molar-refractivity contribution in [3.05, 3.63) is 80.5 Å². The maximum atomic E-state index is 13.3. The molecule has 0 radical (unpaired) electrons. The molecule has 0 bridgehead atoms. The van der Waals surface area contributed by atoms with Crippen molar-refractivity contribution in [1.29, 1.82) is 0 Å². The third-order valence-corrected chi connectivity index (χ3v) is 4.86. The Kier molecular flexibility index (Phi) is 4.85. The molecule has 5 nitrogen and oxygen atoms in total. The average Bonchev–Trinajstić information content (AvgIpc) is 3.07. The van der Waals surface area contributed by atoms with Crippen LogP contribution in [0, 0.1) is 12.7 Å². The highest BCUT2D eigenvalue weighted by molar-refractivity contribution is 6.31. The molecule has 0 aliphatic rings. The highest BCUT2D eigenvalue weighted by Gasteiger charge is 2.33. The molecule has 0 fully saturated rings. The highest BCUT2D eigenvalue weighted by atomic mass is 35.5. The van der Waals surface area contributed by atoms with Gasteiger partial charge < -0.3 is 4.52 Å². The van der Waals surface area contributed by atoms with E-state index in [2.05, 4.69) is 10.3 Å². The van der Waals surface area contributed by atoms with Crippen molar-refractivity contribution in [3.8, 4) is 11.3 Å². The van der Waals surface area contributed by atoms with Crippen LogP contribution in [0.15, 0.2) is 51.8 Å². The lowest BCUT2D eigenvalue weighted by atomic mass is 10.1. The molecule has 0 saturated carbocycles.